The zero-order chi connectivity index (χ0) is 20.4. The number of nitrogens with zero attached hydrogens (tertiary/aromatic N) is 2. The van der Waals surface area contributed by atoms with Crippen molar-refractivity contribution >= 4 is 17.8 Å². The van der Waals surface area contributed by atoms with Crippen LogP contribution in [-0.2, 0) is 0 Å². The molecule has 0 radical (unpaired) electrons. The molecule has 28 heavy (non-hydrogen) atoms. The molecule has 1 unspecified atom stereocenters. The summed E-state index contributed by atoms with van der Waals surface area (Å²) in [6.45, 7) is 2.83. The lowest BCUT2D eigenvalue weighted by atomic mass is 10.1. The van der Waals surface area contributed by atoms with Crippen LogP contribution in [0.2, 0.25) is 0 Å². The van der Waals surface area contributed by atoms with Crippen LogP contribution in [0.25, 0.3) is 0 Å². The van der Waals surface area contributed by atoms with E-state index in [1.165, 1.54) is 0 Å². The average molecular weight is 382 g/mol. The summed E-state index contributed by atoms with van der Waals surface area (Å²) < 4.78 is 6.24. The Morgan fingerprint density at radius 1 is 1.21 bits per heavy atom. The third-order valence-corrected chi connectivity index (χ3v) is 4.49. The highest BCUT2D eigenvalue weighted by atomic mass is 16.5. The maximum Gasteiger partial charge on any atom is 0.152 e. The maximum atomic E-state index is 11.5. The number of carbonyl (C=O) groups is 1. The normalized spacial score (nSPS) is 12.5. The van der Waals surface area contributed by atoms with Crippen LogP contribution >= 0.6 is 0 Å². The molecule has 0 aliphatic heterocycles. The topological polar surface area (TPSA) is 53.9 Å². The zero-order valence-electron chi connectivity index (χ0n) is 17.3. The summed E-state index contributed by atoms with van der Waals surface area (Å²) in [5, 5.41) is 3.18. The molecule has 0 aromatic heterocycles. The lowest BCUT2D eigenvalue weighted by Gasteiger charge is -2.20. The Kier molecular flexibility index (Phi) is 8.69. The number of aldehydes is 1. The molecular weight excluding hydrogens is 350 g/mol. The summed E-state index contributed by atoms with van der Waals surface area (Å²) in [6, 6.07) is 15.6. The predicted octanol–water partition coefficient (Wildman–Crippen LogP) is 4.62. The Morgan fingerprint density at radius 3 is 2.57 bits per heavy atom. The molecule has 1 atom stereocenters. The summed E-state index contributed by atoms with van der Waals surface area (Å²) in [7, 11) is 5.86. The number of carbonyl (C=O) groups excluding carboxylic acids is 1. The Balaban J connectivity index is 2.33. The molecule has 0 saturated heterocycles. The standard InChI is InChI=1S/C23H31N3O2/c1-5-6-12-23(26(3)4)25-21-15-20(14-13-19(21)17-27)28-22(16-24-2)18-10-8-7-9-11-18/h7-11,13-15,17,22,24H,5-6,12,16H2,1-4H3. The minimum atomic E-state index is -0.126. The molecule has 0 fully saturated rings. The van der Waals surface area contributed by atoms with Gasteiger partial charge in [0.2, 0.25) is 0 Å². The van der Waals surface area contributed by atoms with E-state index in [2.05, 4.69) is 24.4 Å². The van der Waals surface area contributed by atoms with E-state index >= 15 is 0 Å². The van der Waals surface area contributed by atoms with Crippen molar-refractivity contribution in [1.29, 1.82) is 0 Å². The van der Waals surface area contributed by atoms with E-state index in [9.17, 15) is 4.79 Å². The quantitative estimate of drug-likeness (QED) is 0.371. The molecule has 1 N–H and O–H groups in total. The average Bonchev–Trinajstić information content (AvgIpc) is 2.71. The van der Waals surface area contributed by atoms with E-state index in [1.54, 1.807) is 6.07 Å². The first-order chi connectivity index (χ1) is 13.6. The lowest BCUT2D eigenvalue weighted by Crippen LogP contribution is -2.22. The number of hydrogen-bond donors (Lipinski definition) is 1. The van der Waals surface area contributed by atoms with Crippen LogP contribution < -0.4 is 10.1 Å². The Labute approximate surface area is 168 Å². The van der Waals surface area contributed by atoms with E-state index in [0.29, 0.717) is 23.5 Å². The van der Waals surface area contributed by atoms with Crippen LogP contribution in [-0.4, -0.2) is 44.7 Å². The second kappa shape index (κ2) is 11.2. The minimum absolute atomic E-state index is 0.126. The van der Waals surface area contributed by atoms with Gasteiger partial charge in [-0.25, -0.2) is 4.99 Å². The van der Waals surface area contributed by atoms with Crippen LogP contribution in [0.15, 0.2) is 53.5 Å². The number of ether oxygens (including phenoxy) is 1. The molecule has 0 aliphatic rings. The first kappa shape index (κ1) is 21.6. The number of benzene rings is 2. The van der Waals surface area contributed by atoms with E-state index < -0.39 is 0 Å². The number of rotatable bonds is 10. The molecule has 0 saturated carbocycles. The number of nitrogens with one attached hydrogen (secondary N) is 1. The highest BCUT2D eigenvalue weighted by Crippen LogP contribution is 2.28. The highest BCUT2D eigenvalue weighted by Gasteiger charge is 2.14. The van der Waals surface area contributed by atoms with Crippen molar-refractivity contribution < 1.29 is 9.53 Å². The lowest BCUT2D eigenvalue weighted by molar-refractivity contribution is 0.112. The van der Waals surface area contributed by atoms with Gasteiger partial charge in [-0.1, -0.05) is 43.7 Å². The fourth-order valence-corrected chi connectivity index (χ4v) is 2.89. The molecule has 150 valence electrons. The second-order valence-corrected chi connectivity index (χ2v) is 6.94. The monoisotopic (exact) mass is 381 g/mol. The van der Waals surface area contributed by atoms with Gasteiger partial charge in [0.25, 0.3) is 0 Å². The molecule has 5 heteroatoms. The summed E-state index contributed by atoms with van der Waals surface area (Å²) in [6.07, 6.45) is 3.75. The SMILES string of the molecule is CCCCC(=Nc1cc(OC(CNC)c2ccccc2)ccc1C=O)N(C)C. The molecule has 0 spiro atoms. The van der Waals surface area contributed by atoms with Crippen molar-refractivity contribution in [2.24, 2.45) is 4.99 Å². The van der Waals surface area contributed by atoms with Crippen LogP contribution in [0.5, 0.6) is 5.75 Å². The van der Waals surface area contributed by atoms with Gasteiger partial charge in [0.1, 0.15) is 17.7 Å². The van der Waals surface area contributed by atoms with E-state index in [0.717, 1.165) is 36.9 Å². The highest BCUT2D eigenvalue weighted by molar-refractivity contribution is 5.90. The number of aliphatic imine (C=N–C) groups is 1. The molecule has 2 aromatic rings. The largest absolute Gasteiger partial charge is 0.484 e. The molecule has 2 rings (SSSR count). The van der Waals surface area contributed by atoms with Crippen molar-refractivity contribution in [3.05, 3.63) is 59.7 Å². The van der Waals surface area contributed by atoms with Gasteiger partial charge >= 0.3 is 0 Å². The van der Waals surface area contributed by atoms with Crippen LogP contribution in [0.4, 0.5) is 5.69 Å². The van der Waals surface area contributed by atoms with Crippen LogP contribution in [0.3, 0.4) is 0 Å². The summed E-state index contributed by atoms with van der Waals surface area (Å²) in [4.78, 5) is 18.3. The van der Waals surface area contributed by atoms with Gasteiger partial charge in [-0.3, -0.25) is 4.79 Å². The Bertz CT molecular complexity index is 773. The van der Waals surface area contributed by atoms with Gasteiger partial charge in [-0.05, 0) is 31.2 Å². The molecule has 2 aromatic carbocycles. The first-order valence-electron chi connectivity index (χ1n) is 9.79. The van der Waals surface area contributed by atoms with E-state index in [-0.39, 0.29) is 6.10 Å². The molecule has 0 aliphatic carbocycles. The van der Waals surface area contributed by atoms with Crippen LogP contribution in [0, 0.1) is 0 Å². The third kappa shape index (κ3) is 6.20. The smallest absolute Gasteiger partial charge is 0.152 e. The number of hydrogen-bond acceptors (Lipinski definition) is 4. The number of amidine groups is 1. The van der Waals surface area contributed by atoms with Crippen molar-refractivity contribution in [1.82, 2.24) is 10.2 Å². The van der Waals surface area contributed by atoms with Gasteiger partial charge in [0, 0.05) is 38.7 Å². The van der Waals surface area contributed by atoms with Crippen molar-refractivity contribution in [2.75, 3.05) is 27.7 Å². The fraction of sp³-hybridized carbons (Fsp3) is 0.391. The fourth-order valence-electron chi connectivity index (χ4n) is 2.89. The van der Waals surface area contributed by atoms with Gasteiger partial charge < -0.3 is 15.0 Å². The molecular formula is C23H31N3O2. The first-order valence-corrected chi connectivity index (χ1v) is 9.79. The van der Waals surface area contributed by atoms with E-state index in [4.69, 9.17) is 9.73 Å². The minimum Gasteiger partial charge on any atom is -0.484 e. The van der Waals surface area contributed by atoms with Gasteiger partial charge in [0.05, 0.1) is 5.69 Å². The van der Waals surface area contributed by atoms with Gasteiger partial charge in [0.15, 0.2) is 6.29 Å². The second-order valence-electron chi connectivity index (χ2n) is 6.94. The third-order valence-electron chi connectivity index (χ3n) is 4.49. The molecule has 0 amide bonds. The summed E-state index contributed by atoms with van der Waals surface area (Å²) in [5.74, 6) is 1.65. The van der Waals surface area contributed by atoms with E-state index in [1.807, 2.05) is 56.4 Å². The Morgan fingerprint density at radius 2 is 1.96 bits per heavy atom. The zero-order valence-corrected chi connectivity index (χ0v) is 17.3. The maximum absolute atomic E-state index is 11.5. The van der Waals surface area contributed by atoms with Crippen molar-refractivity contribution in [3.63, 3.8) is 0 Å². The molecule has 0 heterocycles. The molecule has 5 nitrogen and oxygen atoms in total. The van der Waals surface area contributed by atoms with Crippen molar-refractivity contribution in [3.8, 4) is 5.75 Å². The van der Waals surface area contributed by atoms with Crippen LogP contribution in [0.1, 0.15) is 48.2 Å². The predicted molar refractivity (Wildman–Crippen MR) is 116 cm³/mol. The van der Waals surface area contributed by atoms with Gasteiger partial charge in [-0.2, -0.15) is 0 Å². The van der Waals surface area contributed by atoms with Gasteiger partial charge in [-0.15, -0.1) is 0 Å². The Hall–Kier alpha value is -2.66. The summed E-state index contributed by atoms with van der Waals surface area (Å²) in [5.41, 5.74) is 2.30. The molecule has 0 bridgehead atoms. The van der Waals surface area contributed by atoms with Crippen molar-refractivity contribution in [2.45, 2.75) is 32.3 Å². The summed E-state index contributed by atoms with van der Waals surface area (Å²) >= 11 is 0. The number of likely N-dealkylation sites (N-methyl/N-ethyl adjacent to an activating group) is 1. The number of unbranched alkanes of at least 4 members (excludes halogenated alkanes) is 1.